The van der Waals surface area contributed by atoms with Crippen LogP contribution in [0, 0.1) is 0 Å². The second-order valence-corrected chi connectivity index (χ2v) is 6.25. The van der Waals surface area contributed by atoms with Crippen molar-refractivity contribution >= 4 is 27.4 Å². The van der Waals surface area contributed by atoms with E-state index < -0.39 is 6.17 Å². The normalized spacial score (nSPS) is 18.5. The molecule has 1 aromatic carbocycles. The molecule has 1 fully saturated rings. The summed E-state index contributed by atoms with van der Waals surface area (Å²) < 4.78 is 14.4. The molecule has 3 aromatic rings. The molecule has 2 aromatic heterocycles. The number of alkyl halides is 1. The van der Waals surface area contributed by atoms with Crippen LogP contribution < -0.4 is 4.90 Å². The molecule has 21 heavy (non-hydrogen) atoms. The van der Waals surface area contributed by atoms with Crippen molar-refractivity contribution < 1.29 is 4.39 Å². The zero-order chi connectivity index (χ0) is 14.2. The molecule has 0 unspecified atom stereocenters. The van der Waals surface area contributed by atoms with Gasteiger partial charge in [0, 0.05) is 18.3 Å². The minimum Gasteiger partial charge on any atom is -0.354 e. The topological polar surface area (TPSA) is 29.0 Å². The van der Waals surface area contributed by atoms with Gasteiger partial charge in [0.25, 0.3) is 0 Å². The number of pyridine rings is 1. The summed E-state index contributed by atoms with van der Waals surface area (Å²) in [5.74, 6) is 0.847. The van der Waals surface area contributed by atoms with Gasteiger partial charge in [-0.25, -0.2) is 14.4 Å². The molecule has 1 aliphatic rings. The van der Waals surface area contributed by atoms with Crippen molar-refractivity contribution in [2.45, 2.75) is 12.6 Å². The van der Waals surface area contributed by atoms with E-state index in [0.717, 1.165) is 28.5 Å². The third-order valence-electron chi connectivity index (χ3n) is 3.74. The molecule has 0 spiro atoms. The van der Waals surface area contributed by atoms with Crippen molar-refractivity contribution in [3.05, 3.63) is 42.6 Å². The van der Waals surface area contributed by atoms with Gasteiger partial charge in [-0.1, -0.05) is 12.1 Å². The first kappa shape index (κ1) is 12.7. The summed E-state index contributed by atoms with van der Waals surface area (Å²) in [5, 5.41) is 0.972. The number of hydrogen-bond donors (Lipinski definition) is 0. The molecule has 0 saturated carbocycles. The number of benzene rings is 1. The number of fused-ring (bicyclic) bond motifs is 1. The summed E-state index contributed by atoms with van der Waals surface area (Å²) in [7, 11) is 0. The Hall–Kier alpha value is -2.01. The second-order valence-electron chi connectivity index (χ2n) is 5.22. The predicted octanol–water partition coefficient (Wildman–Crippen LogP) is 3.91. The highest BCUT2D eigenvalue weighted by Gasteiger charge is 2.22. The lowest BCUT2D eigenvalue weighted by atomic mass is 10.3. The highest BCUT2D eigenvalue weighted by Crippen LogP contribution is 2.30. The van der Waals surface area contributed by atoms with E-state index in [-0.39, 0.29) is 0 Å². The molecule has 0 bridgehead atoms. The third-order valence-corrected chi connectivity index (χ3v) is 4.83. The van der Waals surface area contributed by atoms with Crippen molar-refractivity contribution in [2.75, 3.05) is 18.0 Å². The highest BCUT2D eigenvalue weighted by atomic mass is 32.1. The first-order chi connectivity index (χ1) is 10.3. The molecule has 0 radical (unpaired) electrons. The number of nitrogens with zero attached hydrogens (tertiary/aromatic N) is 3. The molecule has 1 atom stereocenters. The van der Waals surface area contributed by atoms with Gasteiger partial charge in [0.15, 0.2) is 0 Å². The van der Waals surface area contributed by atoms with Gasteiger partial charge < -0.3 is 4.90 Å². The zero-order valence-corrected chi connectivity index (χ0v) is 12.2. The number of anilines is 1. The second kappa shape index (κ2) is 5.07. The predicted molar refractivity (Wildman–Crippen MR) is 84.6 cm³/mol. The Labute approximate surface area is 126 Å². The lowest BCUT2D eigenvalue weighted by molar-refractivity contribution is 0.364. The maximum Gasteiger partial charge on any atom is 0.128 e. The number of rotatable bonds is 2. The van der Waals surface area contributed by atoms with Crippen LogP contribution in [0.3, 0.4) is 0 Å². The Bertz CT molecular complexity index is 736. The van der Waals surface area contributed by atoms with Crippen LogP contribution in [-0.2, 0) is 0 Å². The molecule has 1 saturated heterocycles. The van der Waals surface area contributed by atoms with Crippen molar-refractivity contribution in [1.29, 1.82) is 0 Å². The molecule has 106 valence electrons. The summed E-state index contributed by atoms with van der Waals surface area (Å²) >= 11 is 1.66. The third kappa shape index (κ3) is 2.38. The van der Waals surface area contributed by atoms with Gasteiger partial charge in [0.2, 0.25) is 0 Å². The fourth-order valence-corrected chi connectivity index (χ4v) is 3.58. The van der Waals surface area contributed by atoms with E-state index >= 15 is 0 Å². The van der Waals surface area contributed by atoms with Crippen molar-refractivity contribution in [2.24, 2.45) is 0 Å². The summed E-state index contributed by atoms with van der Waals surface area (Å²) in [4.78, 5) is 11.1. The smallest absolute Gasteiger partial charge is 0.128 e. The van der Waals surface area contributed by atoms with Crippen LogP contribution in [-0.4, -0.2) is 29.2 Å². The van der Waals surface area contributed by atoms with E-state index in [9.17, 15) is 4.39 Å². The van der Waals surface area contributed by atoms with Gasteiger partial charge in [-0.2, -0.15) is 0 Å². The molecular formula is C16H14FN3S. The Kier molecular flexibility index (Phi) is 3.07. The van der Waals surface area contributed by atoms with Gasteiger partial charge in [-0.3, -0.25) is 0 Å². The molecular weight excluding hydrogens is 285 g/mol. The standard InChI is InChI=1S/C16H14FN3S/c17-12-7-8-20(10-12)15-6-5-11(9-18-15)16-19-13-3-1-2-4-14(13)21-16/h1-6,9,12H,7-8,10H2/t12-/m1/s1. The maximum absolute atomic E-state index is 13.2. The fraction of sp³-hybridized carbons (Fsp3) is 0.250. The van der Waals surface area contributed by atoms with E-state index in [4.69, 9.17) is 0 Å². The van der Waals surface area contributed by atoms with Crippen LogP contribution in [0.25, 0.3) is 20.8 Å². The van der Waals surface area contributed by atoms with Crippen molar-refractivity contribution in [3.63, 3.8) is 0 Å². The molecule has 1 aliphatic heterocycles. The molecule has 5 heteroatoms. The van der Waals surface area contributed by atoms with Crippen molar-refractivity contribution in [3.8, 4) is 10.6 Å². The maximum atomic E-state index is 13.2. The van der Waals surface area contributed by atoms with Crippen LogP contribution in [0.2, 0.25) is 0 Å². The first-order valence-electron chi connectivity index (χ1n) is 7.00. The van der Waals surface area contributed by atoms with Gasteiger partial charge in [-0.15, -0.1) is 11.3 Å². The molecule has 4 rings (SSSR count). The fourth-order valence-electron chi connectivity index (χ4n) is 2.62. The molecule has 0 amide bonds. The minimum absolute atomic E-state index is 0.452. The van der Waals surface area contributed by atoms with Gasteiger partial charge >= 0.3 is 0 Å². The summed E-state index contributed by atoms with van der Waals surface area (Å²) in [6, 6.07) is 12.1. The average molecular weight is 299 g/mol. The van der Waals surface area contributed by atoms with Gasteiger partial charge in [-0.05, 0) is 30.7 Å². The highest BCUT2D eigenvalue weighted by molar-refractivity contribution is 7.21. The molecule has 0 aliphatic carbocycles. The van der Waals surface area contributed by atoms with Gasteiger partial charge in [0.1, 0.15) is 17.0 Å². The first-order valence-corrected chi connectivity index (χ1v) is 7.82. The largest absolute Gasteiger partial charge is 0.354 e. The van der Waals surface area contributed by atoms with E-state index in [2.05, 4.69) is 16.0 Å². The van der Waals surface area contributed by atoms with Crippen LogP contribution in [0.1, 0.15) is 6.42 Å². The van der Waals surface area contributed by atoms with Crippen LogP contribution in [0.15, 0.2) is 42.6 Å². The average Bonchev–Trinajstić information content (AvgIpc) is 3.13. The number of halogens is 1. The lowest BCUT2D eigenvalue weighted by Crippen LogP contribution is -2.20. The zero-order valence-electron chi connectivity index (χ0n) is 11.4. The monoisotopic (exact) mass is 299 g/mol. The summed E-state index contributed by atoms with van der Waals surface area (Å²) in [6.07, 6.45) is 1.70. The molecule has 3 heterocycles. The summed E-state index contributed by atoms with van der Waals surface area (Å²) in [6.45, 7) is 1.20. The Morgan fingerprint density at radius 1 is 1.19 bits per heavy atom. The number of hydrogen-bond acceptors (Lipinski definition) is 4. The quantitative estimate of drug-likeness (QED) is 0.718. The van der Waals surface area contributed by atoms with E-state index in [1.807, 2.05) is 41.4 Å². The number of aromatic nitrogens is 2. The number of para-hydroxylation sites is 1. The van der Waals surface area contributed by atoms with Crippen molar-refractivity contribution in [1.82, 2.24) is 9.97 Å². The summed E-state index contributed by atoms with van der Waals surface area (Å²) in [5.41, 5.74) is 2.03. The SMILES string of the molecule is F[C@@H]1CCN(c2ccc(-c3nc4ccccc4s3)cn2)C1. The van der Waals surface area contributed by atoms with E-state index in [1.165, 1.54) is 4.70 Å². The van der Waals surface area contributed by atoms with Crippen LogP contribution >= 0.6 is 11.3 Å². The molecule has 3 nitrogen and oxygen atoms in total. The van der Waals surface area contributed by atoms with Crippen LogP contribution in [0.4, 0.5) is 10.2 Å². The minimum atomic E-state index is -0.726. The van der Waals surface area contributed by atoms with Gasteiger partial charge in [0.05, 0.1) is 16.8 Å². The number of thiazole rings is 1. The Morgan fingerprint density at radius 2 is 2.10 bits per heavy atom. The lowest BCUT2D eigenvalue weighted by Gasteiger charge is -2.15. The Morgan fingerprint density at radius 3 is 2.81 bits per heavy atom. The molecule has 0 N–H and O–H groups in total. The Balaban J connectivity index is 1.63. The van der Waals surface area contributed by atoms with E-state index in [1.54, 1.807) is 11.3 Å². The van der Waals surface area contributed by atoms with E-state index in [0.29, 0.717) is 13.0 Å². The van der Waals surface area contributed by atoms with Crippen LogP contribution in [0.5, 0.6) is 0 Å².